The maximum Gasteiger partial charge on any atom is 0.0347 e. The number of benzene rings is 1. The summed E-state index contributed by atoms with van der Waals surface area (Å²) in [4.78, 5) is 2.34. The van der Waals surface area contributed by atoms with Gasteiger partial charge in [-0.05, 0) is 49.0 Å². The first-order valence-corrected chi connectivity index (χ1v) is 6.19. The maximum atomic E-state index is 2.42. The Morgan fingerprint density at radius 2 is 1.88 bits per heavy atom. The zero-order valence-electron chi connectivity index (χ0n) is 11.2. The van der Waals surface area contributed by atoms with Crippen molar-refractivity contribution in [2.45, 2.75) is 45.1 Å². The molecule has 16 heavy (non-hydrogen) atoms. The van der Waals surface area contributed by atoms with Gasteiger partial charge in [0.25, 0.3) is 0 Å². The first-order chi connectivity index (χ1) is 7.39. The second-order valence-corrected chi connectivity index (χ2v) is 6.18. The van der Waals surface area contributed by atoms with Crippen molar-refractivity contribution in [3.05, 3.63) is 34.9 Å². The van der Waals surface area contributed by atoms with Crippen LogP contribution in [0.4, 0.5) is 0 Å². The van der Waals surface area contributed by atoms with Crippen LogP contribution in [0.25, 0.3) is 0 Å². The second kappa shape index (κ2) is 3.89. The molecule has 0 aliphatic heterocycles. The van der Waals surface area contributed by atoms with Crippen molar-refractivity contribution >= 4 is 0 Å². The van der Waals surface area contributed by atoms with Crippen LogP contribution < -0.4 is 0 Å². The maximum absolute atomic E-state index is 2.42. The van der Waals surface area contributed by atoms with Gasteiger partial charge in [0.05, 0.1) is 0 Å². The van der Waals surface area contributed by atoms with Crippen molar-refractivity contribution in [2.75, 3.05) is 14.1 Å². The highest BCUT2D eigenvalue weighted by Gasteiger charge is 2.25. The predicted octanol–water partition coefficient (Wildman–Crippen LogP) is 3.53. The van der Waals surface area contributed by atoms with Crippen molar-refractivity contribution in [1.82, 2.24) is 4.90 Å². The van der Waals surface area contributed by atoms with Gasteiger partial charge in [-0.3, -0.25) is 0 Å². The number of aryl methyl sites for hydroxylation is 1. The van der Waals surface area contributed by atoms with Gasteiger partial charge < -0.3 is 4.90 Å². The number of rotatable bonds is 1. The fraction of sp³-hybridized carbons (Fsp3) is 0.600. The standard InChI is InChI=1S/C15H23N/c1-15(2,3)12-7-8-13-11(10-12)6-9-14(13)16(4)5/h7-8,10,14H,6,9H2,1-5H3. The number of hydrogen-bond donors (Lipinski definition) is 0. The van der Waals surface area contributed by atoms with Crippen molar-refractivity contribution in [1.29, 1.82) is 0 Å². The summed E-state index contributed by atoms with van der Waals surface area (Å²) >= 11 is 0. The molecule has 1 aromatic rings. The Bertz CT molecular complexity index is 385. The molecule has 0 amide bonds. The van der Waals surface area contributed by atoms with E-state index in [1.807, 2.05) is 0 Å². The molecule has 0 bridgehead atoms. The molecule has 1 aliphatic rings. The lowest BCUT2D eigenvalue weighted by Gasteiger charge is -2.22. The molecule has 0 saturated heterocycles. The molecule has 1 atom stereocenters. The number of nitrogens with zero attached hydrogens (tertiary/aromatic N) is 1. The fourth-order valence-corrected chi connectivity index (χ4v) is 2.60. The van der Waals surface area contributed by atoms with Crippen molar-refractivity contribution in [2.24, 2.45) is 0 Å². The molecular weight excluding hydrogens is 194 g/mol. The highest BCUT2D eigenvalue weighted by Crippen LogP contribution is 2.36. The summed E-state index contributed by atoms with van der Waals surface area (Å²) in [6.45, 7) is 6.85. The van der Waals surface area contributed by atoms with Crippen LogP contribution in [0.2, 0.25) is 0 Å². The van der Waals surface area contributed by atoms with Crippen LogP contribution in [0.5, 0.6) is 0 Å². The Hall–Kier alpha value is -0.820. The van der Waals surface area contributed by atoms with Crippen LogP contribution in [-0.4, -0.2) is 19.0 Å². The average Bonchev–Trinajstić information content (AvgIpc) is 2.58. The normalized spacial score (nSPS) is 20.2. The summed E-state index contributed by atoms with van der Waals surface area (Å²) in [5.74, 6) is 0. The Kier molecular flexibility index (Phi) is 2.83. The fourth-order valence-electron chi connectivity index (χ4n) is 2.60. The molecule has 0 N–H and O–H groups in total. The van der Waals surface area contributed by atoms with Crippen LogP contribution >= 0.6 is 0 Å². The molecule has 1 unspecified atom stereocenters. The van der Waals surface area contributed by atoms with Crippen LogP contribution in [0.3, 0.4) is 0 Å². The Balaban J connectivity index is 2.37. The number of fused-ring (bicyclic) bond motifs is 1. The van der Waals surface area contributed by atoms with Gasteiger partial charge in [-0.1, -0.05) is 39.0 Å². The van der Waals surface area contributed by atoms with Gasteiger partial charge >= 0.3 is 0 Å². The summed E-state index contributed by atoms with van der Waals surface area (Å²) in [6.07, 6.45) is 2.51. The van der Waals surface area contributed by atoms with E-state index >= 15 is 0 Å². The molecule has 0 aromatic heterocycles. The lowest BCUT2D eigenvalue weighted by Crippen LogP contribution is -2.17. The van der Waals surface area contributed by atoms with E-state index in [9.17, 15) is 0 Å². The third-order valence-corrected chi connectivity index (χ3v) is 3.68. The second-order valence-electron chi connectivity index (χ2n) is 6.18. The van der Waals surface area contributed by atoms with Gasteiger partial charge in [-0.2, -0.15) is 0 Å². The highest BCUT2D eigenvalue weighted by molar-refractivity contribution is 5.40. The molecule has 88 valence electrons. The van der Waals surface area contributed by atoms with Gasteiger partial charge in [0, 0.05) is 6.04 Å². The van der Waals surface area contributed by atoms with Crippen LogP contribution in [0.15, 0.2) is 18.2 Å². The van der Waals surface area contributed by atoms with E-state index in [1.165, 1.54) is 24.0 Å². The van der Waals surface area contributed by atoms with Gasteiger partial charge in [-0.25, -0.2) is 0 Å². The van der Waals surface area contributed by atoms with Gasteiger partial charge in [0.1, 0.15) is 0 Å². The summed E-state index contributed by atoms with van der Waals surface area (Å²) in [7, 11) is 4.36. The van der Waals surface area contributed by atoms with E-state index in [1.54, 1.807) is 5.56 Å². The first kappa shape index (κ1) is 11.7. The molecule has 1 nitrogen and oxygen atoms in total. The van der Waals surface area contributed by atoms with Gasteiger partial charge in [-0.15, -0.1) is 0 Å². The molecular formula is C15H23N. The molecule has 0 saturated carbocycles. The predicted molar refractivity (Wildman–Crippen MR) is 69.9 cm³/mol. The molecule has 0 fully saturated rings. The van der Waals surface area contributed by atoms with E-state index in [0.29, 0.717) is 6.04 Å². The molecule has 0 radical (unpaired) electrons. The lowest BCUT2D eigenvalue weighted by molar-refractivity contribution is 0.299. The monoisotopic (exact) mass is 217 g/mol. The first-order valence-electron chi connectivity index (χ1n) is 6.19. The van der Waals surface area contributed by atoms with Crippen molar-refractivity contribution in [3.8, 4) is 0 Å². The smallest absolute Gasteiger partial charge is 0.0347 e. The minimum absolute atomic E-state index is 0.269. The van der Waals surface area contributed by atoms with Gasteiger partial charge in [0.2, 0.25) is 0 Å². The van der Waals surface area contributed by atoms with Crippen molar-refractivity contribution in [3.63, 3.8) is 0 Å². The van der Waals surface area contributed by atoms with Crippen molar-refractivity contribution < 1.29 is 0 Å². The topological polar surface area (TPSA) is 3.24 Å². The lowest BCUT2D eigenvalue weighted by atomic mass is 9.85. The third kappa shape index (κ3) is 2.01. The SMILES string of the molecule is CN(C)C1CCc2cc(C(C)(C)C)ccc21. The zero-order valence-corrected chi connectivity index (χ0v) is 11.2. The minimum Gasteiger partial charge on any atom is -0.302 e. The molecule has 1 aliphatic carbocycles. The summed E-state index contributed by atoms with van der Waals surface area (Å²) in [5.41, 5.74) is 4.83. The van der Waals surface area contributed by atoms with Crippen LogP contribution in [0, 0.1) is 0 Å². The minimum atomic E-state index is 0.269. The summed E-state index contributed by atoms with van der Waals surface area (Å²) in [5, 5.41) is 0. The van der Waals surface area contributed by atoms with E-state index in [4.69, 9.17) is 0 Å². The molecule has 1 heteroatoms. The molecule has 1 aromatic carbocycles. The summed E-state index contributed by atoms with van der Waals surface area (Å²) in [6, 6.07) is 7.69. The quantitative estimate of drug-likeness (QED) is 0.695. The van der Waals surface area contributed by atoms with Crippen LogP contribution in [-0.2, 0) is 11.8 Å². The van der Waals surface area contributed by atoms with Gasteiger partial charge in [0.15, 0.2) is 0 Å². The number of hydrogen-bond acceptors (Lipinski definition) is 1. The van der Waals surface area contributed by atoms with Crippen LogP contribution in [0.1, 0.15) is 49.9 Å². The van der Waals surface area contributed by atoms with E-state index in [-0.39, 0.29) is 5.41 Å². The largest absolute Gasteiger partial charge is 0.302 e. The molecule has 2 rings (SSSR count). The third-order valence-electron chi connectivity index (χ3n) is 3.68. The summed E-state index contributed by atoms with van der Waals surface area (Å²) < 4.78 is 0. The van der Waals surface area contributed by atoms with E-state index < -0.39 is 0 Å². The van der Waals surface area contributed by atoms with E-state index in [0.717, 1.165) is 0 Å². The Morgan fingerprint density at radius 3 is 2.44 bits per heavy atom. The molecule has 0 heterocycles. The Morgan fingerprint density at radius 1 is 1.19 bits per heavy atom. The Labute approximate surface area is 99.5 Å². The average molecular weight is 217 g/mol. The van der Waals surface area contributed by atoms with E-state index in [2.05, 4.69) is 58.0 Å². The highest BCUT2D eigenvalue weighted by atomic mass is 15.1. The molecule has 0 spiro atoms. The zero-order chi connectivity index (χ0) is 11.9.